The van der Waals surface area contributed by atoms with Gasteiger partial charge in [-0.3, -0.25) is 4.79 Å². The first kappa shape index (κ1) is 13.2. The van der Waals surface area contributed by atoms with Gasteiger partial charge in [0, 0.05) is 49.4 Å². The lowest BCUT2D eigenvalue weighted by Gasteiger charge is -2.36. The smallest absolute Gasteiger partial charge is 0.137 e. The Balaban J connectivity index is 1.52. The third kappa shape index (κ3) is 2.43. The van der Waals surface area contributed by atoms with E-state index in [-0.39, 0.29) is 0 Å². The van der Waals surface area contributed by atoms with Crippen LogP contribution in [0.15, 0.2) is 24.3 Å². The first-order chi connectivity index (χ1) is 10.3. The van der Waals surface area contributed by atoms with E-state index < -0.39 is 0 Å². The van der Waals surface area contributed by atoms with Gasteiger partial charge in [-0.05, 0) is 56.4 Å². The number of ketones is 1. The zero-order chi connectivity index (χ0) is 14.2. The monoisotopic (exact) mass is 284 g/mol. The Kier molecular flexibility index (Phi) is 3.36. The molecule has 2 unspecified atom stereocenters. The van der Waals surface area contributed by atoms with Gasteiger partial charge in [0.05, 0.1) is 0 Å². The van der Waals surface area contributed by atoms with Crippen molar-refractivity contribution >= 4 is 17.2 Å². The summed E-state index contributed by atoms with van der Waals surface area (Å²) >= 11 is 0. The van der Waals surface area contributed by atoms with E-state index >= 15 is 0 Å². The molecule has 21 heavy (non-hydrogen) atoms. The van der Waals surface area contributed by atoms with E-state index in [0.717, 1.165) is 12.8 Å². The number of carbonyl (C=O) groups excluding carboxylic acids is 1. The van der Waals surface area contributed by atoms with Gasteiger partial charge in [-0.2, -0.15) is 0 Å². The maximum absolute atomic E-state index is 11.7. The first-order valence-corrected chi connectivity index (χ1v) is 8.46. The summed E-state index contributed by atoms with van der Waals surface area (Å²) in [6.07, 6.45) is 7.89. The average Bonchev–Trinajstić information content (AvgIpc) is 2.80. The molecule has 0 amide bonds. The van der Waals surface area contributed by atoms with Crippen molar-refractivity contribution in [3.63, 3.8) is 0 Å². The summed E-state index contributed by atoms with van der Waals surface area (Å²) in [5.41, 5.74) is 2.68. The Morgan fingerprint density at radius 2 is 1.38 bits per heavy atom. The lowest BCUT2D eigenvalue weighted by Crippen LogP contribution is -2.43. The highest BCUT2D eigenvalue weighted by Gasteiger charge is 2.40. The predicted octanol–water partition coefficient (Wildman–Crippen LogP) is 3.38. The quantitative estimate of drug-likeness (QED) is 0.832. The van der Waals surface area contributed by atoms with Gasteiger partial charge in [0.1, 0.15) is 5.78 Å². The van der Waals surface area contributed by atoms with E-state index in [1.165, 1.54) is 56.6 Å². The highest BCUT2D eigenvalue weighted by molar-refractivity contribution is 5.83. The Morgan fingerprint density at radius 3 is 2.00 bits per heavy atom. The topological polar surface area (TPSA) is 23.6 Å². The van der Waals surface area contributed by atoms with Gasteiger partial charge < -0.3 is 9.80 Å². The Hall–Kier alpha value is -1.51. The highest BCUT2D eigenvalue weighted by atomic mass is 16.1. The molecule has 4 rings (SSSR count). The van der Waals surface area contributed by atoms with E-state index in [9.17, 15) is 4.79 Å². The molecule has 2 atom stereocenters. The molecule has 1 aromatic rings. The number of hydrogen-bond acceptors (Lipinski definition) is 3. The molecule has 0 N–H and O–H groups in total. The van der Waals surface area contributed by atoms with Crippen LogP contribution in [0.25, 0.3) is 0 Å². The molecule has 112 valence electrons. The summed E-state index contributed by atoms with van der Waals surface area (Å²) in [6.45, 7) is 2.39. The molecule has 3 nitrogen and oxygen atoms in total. The van der Waals surface area contributed by atoms with Crippen LogP contribution in [0.2, 0.25) is 0 Å². The minimum absolute atomic E-state index is 0.456. The molecule has 0 spiro atoms. The number of nitrogens with zero attached hydrogens (tertiary/aromatic N) is 2. The fourth-order valence-corrected chi connectivity index (χ4v) is 4.38. The Morgan fingerprint density at radius 1 is 0.810 bits per heavy atom. The maximum Gasteiger partial charge on any atom is 0.137 e. The lowest BCUT2D eigenvalue weighted by molar-refractivity contribution is -0.120. The van der Waals surface area contributed by atoms with Crippen LogP contribution in [0.1, 0.15) is 44.9 Å². The number of rotatable bonds is 2. The molecular formula is C18H24N2O. The van der Waals surface area contributed by atoms with Crippen LogP contribution in [0, 0.1) is 0 Å². The van der Waals surface area contributed by atoms with E-state index in [1.54, 1.807) is 0 Å². The standard InChI is InChI=1S/C18H24N2O/c21-18-12-16-8-9-17(13-18)20(16)15-6-4-14(5-7-15)19-10-2-1-3-11-19/h4-7,16-17H,1-3,8-13H2. The van der Waals surface area contributed by atoms with Gasteiger partial charge >= 0.3 is 0 Å². The van der Waals surface area contributed by atoms with Gasteiger partial charge in [0.15, 0.2) is 0 Å². The van der Waals surface area contributed by atoms with E-state index in [2.05, 4.69) is 34.1 Å². The third-order valence-electron chi connectivity index (χ3n) is 5.42. The zero-order valence-corrected chi connectivity index (χ0v) is 12.6. The number of hydrogen-bond donors (Lipinski definition) is 0. The molecule has 3 heteroatoms. The summed E-state index contributed by atoms with van der Waals surface area (Å²) in [5.74, 6) is 0.462. The predicted molar refractivity (Wildman–Crippen MR) is 86.0 cm³/mol. The average molecular weight is 284 g/mol. The SMILES string of the molecule is O=C1CC2CCC(C1)N2c1ccc(N2CCCCC2)cc1. The molecule has 0 aliphatic carbocycles. The van der Waals surface area contributed by atoms with Crippen molar-refractivity contribution in [3.05, 3.63) is 24.3 Å². The molecule has 0 radical (unpaired) electrons. The van der Waals surface area contributed by atoms with Crippen molar-refractivity contribution < 1.29 is 4.79 Å². The molecule has 3 saturated heterocycles. The van der Waals surface area contributed by atoms with Crippen molar-refractivity contribution in [2.45, 2.75) is 57.0 Å². The third-order valence-corrected chi connectivity index (χ3v) is 5.42. The summed E-state index contributed by atoms with van der Waals surface area (Å²) < 4.78 is 0. The van der Waals surface area contributed by atoms with Gasteiger partial charge in [0.2, 0.25) is 0 Å². The maximum atomic E-state index is 11.7. The van der Waals surface area contributed by atoms with Crippen LogP contribution in [-0.4, -0.2) is 31.0 Å². The van der Waals surface area contributed by atoms with Gasteiger partial charge in [0.25, 0.3) is 0 Å². The highest BCUT2D eigenvalue weighted by Crippen LogP contribution is 2.38. The van der Waals surface area contributed by atoms with Gasteiger partial charge in [-0.25, -0.2) is 0 Å². The summed E-state index contributed by atoms with van der Waals surface area (Å²) in [6, 6.07) is 10.00. The number of piperidine rings is 2. The lowest BCUT2D eigenvalue weighted by atomic mass is 10.0. The van der Waals surface area contributed by atoms with Crippen molar-refractivity contribution in [3.8, 4) is 0 Å². The summed E-state index contributed by atoms with van der Waals surface area (Å²) in [5, 5.41) is 0. The van der Waals surface area contributed by atoms with Crippen LogP contribution in [0.4, 0.5) is 11.4 Å². The second-order valence-electron chi connectivity index (χ2n) is 6.80. The van der Waals surface area contributed by atoms with Crippen molar-refractivity contribution in [2.24, 2.45) is 0 Å². The molecule has 3 aliphatic rings. The molecule has 2 bridgehead atoms. The minimum Gasteiger partial charge on any atom is -0.372 e. The number of benzene rings is 1. The van der Waals surface area contributed by atoms with Crippen molar-refractivity contribution in [2.75, 3.05) is 22.9 Å². The summed E-state index contributed by atoms with van der Waals surface area (Å²) in [4.78, 5) is 16.7. The molecule has 3 heterocycles. The molecule has 0 aromatic heterocycles. The van der Waals surface area contributed by atoms with Gasteiger partial charge in [-0.1, -0.05) is 0 Å². The molecule has 0 saturated carbocycles. The summed E-state index contributed by atoms with van der Waals surface area (Å²) in [7, 11) is 0. The van der Waals surface area contributed by atoms with E-state index in [0.29, 0.717) is 17.9 Å². The Labute approximate surface area is 126 Å². The number of anilines is 2. The van der Waals surface area contributed by atoms with E-state index in [4.69, 9.17) is 0 Å². The largest absolute Gasteiger partial charge is 0.372 e. The second-order valence-corrected chi connectivity index (χ2v) is 6.80. The molecule has 1 aromatic carbocycles. The van der Waals surface area contributed by atoms with Crippen LogP contribution in [-0.2, 0) is 4.79 Å². The van der Waals surface area contributed by atoms with Crippen molar-refractivity contribution in [1.29, 1.82) is 0 Å². The first-order valence-electron chi connectivity index (χ1n) is 8.46. The zero-order valence-electron chi connectivity index (χ0n) is 12.6. The number of carbonyl (C=O) groups is 1. The molecule has 3 aliphatic heterocycles. The fourth-order valence-electron chi connectivity index (χ4n) is 4.38. The van der Waals surface area contributed by atoms with Crippen LogP contribution >= 0.6 is 0 Å². The van der Waals surface area contributed by atoms with Crippen molar-refractivity contribution in [1.82, 2.24) is 0 Å². The minimum atomic E-state index is 0.456. The van der Waals surface area contributed by atoms with Gasteiger partial charge in [-0.15, -0.1) is 0 Å². The molecular weight excluding hydrogens is 260 g/mol. The van der Waals surface area contributed by atoms with E-state index in [1.807, 2.05) is 0 Å². The number of Topliss-reactive ketones (excluding diaryl/α,β-unsaturated/α-hetero) is 1. The van der Waals surface area contributed by atoms with Crippen LogP contribution in [0.3, 0.4) is 0 Å². The number of fused-ring (bicyclic) bond motifs is 2. The molecule has 3 fully saturated rings. The normalized spacial score (nSPS) is 29.0. The van der Waals surface area contributed by atoms with Crippen LogP contribution < -0.4 is 9.80 Å². The second kappa shape index (κ2) is 5.36. The fraction of sp³-hybridized carbons (Fsp3) is 0.611. The van der Waals surface area contributed by atoms with Crippen LogP contribution in [0.5, 0.6) is 0 Å². The Bertz CT molecular complexity index is 503.